The van der Waals surface area contributed by atoms with Crippen LogP contribution in [0.1, 0.15) is 5.76 Å². The van der Waals surface area contributed by atoms with E-state index in [2.05, 4.69) is 0 Å². The van der Waals surface area contributed by atoms with Gasteiger partial charge in [0.1, 0.15) is 11.5 Å². The fourth-order valence-corrected chi connectivity index (χ4v) is 4.66. The van der Waals surface area contributed by atoms with Gasteiger partial charge in [0.15, 0.2) is 4.32 Å². The molecule has 0 saturated carbocycles. The summed E-state index contributed by atoms with van der Waals surface area (Å²) in [4.78, 5) is 14.8. The summed E-state index contributed by atoms with van der Waals surface area (Å²) in [5.74, 6) is 0.880. The Labute approximate surface area is 185 Å². The van der Waals surface area contributed by atoms with Crippen LogP contribution >= 0.6 is 58.8 Å². The van der Waals surface area contributed by atoms with E-state index in [4.69, 9.17) is 51.4 Å². The number of carbonyl (C=O) groups is 1. The van der Waals surface area contributed by atoms with Gasteiger partial charge < -0.3 is 4.42 Å². The predicted molar refractivity (Wildman–Crippen MR) is 121 cm³/mol. The van der Waals surface area contributed by atoms with Crippen LogP contribution in [0.15, 0.2) is 63.9 Å². The van der Waals surface area contributed by atoms with Gasteiger partial charge in [0.2, 0.25) is 0 Å². The van der Waals surface area contributed by atoms with E-state index >= 15 is 0 Å². The first kappa shape index (κ1) is 19.6. The Morgan fingerprint density at radius 2 is 1.79 bits per heavy atom. The van der Waals surface area contributed by atoms with E-state index in [0.29, 0.717) is 41.5 Å². The Hall–Kier alpha value is -1.76. The van der Waals surface area contributed by atoms with Crippen LogP contribution in [0.5, 0.6) is 0 Å². The van der Waals surface area contributed by atoms with E-state index in [1.165, 1.54) is 16.7 Å². The third-order valence-corrected chi connectivity index (χ3v) is 6.04. The van der Waals surface area contributed by atoms with Gasteiger partial charge in [-0.05, 0) is 48.5 Å². The highest BCUT2D eigenvalue weighted by atomic mass is 35.5. The van der Waals surface area contributed by atoms with E-state index in [-0.39, 0.29) is 5.91 Å². The summed E-state index contributed by atoms with van der Waals surface area (Å²) in [7, 11) is 0. The second-order valence-corrected chi connectivity index (χ2v) is 8.78. The molecule has 1 aromatic heterocycles. The second kappa shape index (κ2) is 7.93. The number of amides is 1. The van der Waals surface area contributed by atoms with Crippen molar-refractivity contribution in [3.63, 3.8) is 0 Å². The number of hydrogen-bond acceptors (Lipinski definition) is 4. The van der Waals surface area contributed by atoms with E-state index in [1.54, 1.807) is 60.7 Å². The first-order valence-electron chi connectivity index (χ1n) is 8.01. The molecule has 140 valence electrons. The molecule has 2 aromatic carbocycles. The van der Waals surface area contributed by atoms with E-state index < -0.39 is 0 Å². The maximum Gasteiger partial charge on any atom is 0.270 e. The minimum absolute atomic E-state index is 0.222. The number of halogens is 3. The highest BCUT2D eigenvalue weighted by molar-refractivity contribution is 8.27. The van der Waals surface area contributed by atoms with Gasteiger partial charge in [-0.3, -0.25) is 9.69 Å². The van der Waals surface area contributed by atoms with Crippen LogP contribution in [0.4, 0.5) is 5.69 Å². The van der Waals surface area contributed by atoms with Crippen LogP contribution in [0.2, 0.25) is 15.1 Å². The Morgan fingerprint density at radius 3 is 2.54 bits per heavy atom. The molecule has 3 aromatic rings. The molecule has 0 bridgehead atoms. The van der Waals surface area contributed by atoms with Crippen molar-refractivity contribution in [3.05, 3.63) is 80.3 Å². The SMILES string of the molecule is O=C1C(=Cc2ccc(-c3ccc(Cl)cc3Cl)o2)SC(=S)N1c1cccc(Cl)c1. The fraction of sp³-hybridized carbons (Fsp3) is 0. The molecule has 1 aliphatic rings. The Kier molecular flexibility index (Phi) is 5.54. The Bertz CT molecular complexity index is 1140. The molecule has 3 nitrogen and oxygen atoms in total. The van der Waals surface area contributed by atoms with Gasteiger partial charge in [-0.2, -0.15) is 0 Å². The average molecular weight is 467 g/mol. The molecular weight excluding hydrogens is 457 g/mol. The second-order valence-electron chi connectivity index (χ2n) is 5.82. The lowest BCUT2D eigenvalue weighted by Gasteiger charge is -2.14. The zero-order valence-corrected chi connectivity index (χ0v) is 17.9. The molecule has 28 heavy (non-hydrogen) atoms. The highest BCUT2D eigenvalue weighted by Gasteiger charge is 2.33. The van der Waals surface area contributed by atoms with Crippen LogP contribution in [0.3, 0.4) is 0 Å². The van der Waals surface area contributed by atoms with Crippen molar-refractivity contribution in [3.8, 4) is 11.3 Å². The lowest BCUT2D eigenvalue weighted by molar-refractivity contribution is -0.113. The van der Waals surface area contributed by atoms with Gasteiger partial charge in [0, 0.05) is 21.7 Å². The summed E-state index contributed by atoms with van der Waals surface area (Å²) in [6.07, 6.45) is 1.66. The van der Waals surface area contributed by atoms with Gasteiger partial charge in [-0.1, -0.05) is 64.8 Å². The summed E-state index contributed by atoms with van der Waals surface area (Å²) < 4.78 is 6.28. The molecule has 4 rings (SSSR count). The molecule has 0 spiro atoms. The smallest absolute Gasteiger partial charge is 0.270 e. The lowest BCUT2D eigenvalue weighted by Crippen LogP contribution is -2.27. The lowest BCUT2D eigenvalue weighted by atomic mass is 10.2. The van der Waals surface area contributed by atoms with Crippen LogP contribution in [-0.2, 0) is 4.79 Å². The zero-order valence-electron chi connectivity index (χ0n) is 14.0. The first-order valence-corrected chi connectivity index (χ1v) is 10.4. The largest absolute Gasteiger partial charge is 0.457 e. The number of benzene rings is 2. The monoisotopic (exact) mass is 465 g/mol. The molecule has 0 N–H and O–H groups in total. The minimum Gasteiger partial charge on any atom is -0.457 e. The number of nitrogens with zero attached hydrogens (tertiary/aromatic N) is 1. The number of carbonyl (C=O) groups excluding carboxylic acids is 1. The van der Waals surface area contributed by atoms with Crippen molar-refractivity contribution in [2.45, 2.75) is 0 Å². The topological polar surface area (TPSA) is 33.5 Å². The van der Waals surface area contributed by atoms with Crippen molar-refractivity contribution in [1.82, 2.24) is 0 Å². The summed E-state index contributed by atoms with van der Waals surface area (Å²) in [5.41, 5.74) is 1.35. The summed E-state index contributed by atoms with van der Waals surface area (Å²) in [6, 6.07) is 15.7. The quantitative estimate of drug-likeness (QED) is 0.299. The fourth-order valence-electron chi connectivity index (χ4n) is 2.70. The minimum atomic E-state index is -0.222. The molecular formula is C20H10Cl3NO2S2. The third kappa shape index (κ3) is 3.86. The van der Waals surface area contributed by atoms with Gasteiger partial charge in [0.25, 0.3) is 5.91 Å². The van der Waals surface area contributed by atoms with Crippen LogP contribution in [0.25, 0.3) is 17.4 Å². The van der Waals surface area contributed by atoms with Crippen LogP contribution in [0, 0.1) is 0 Å². The van der Waals surface area contributed by atoms with Crippen molar-refractivity contribution < 1.29 is 9.21 Å². The van der Waals surface area contributed by atoms with Crippen molar-refractivity contribution in [2.24, 2.45) is 0 Å². The molecule has 0 radical (unpaired) electrons. The molecule has 1 aliphatic heterocycles. The van der Waals surface area contributed by atoms with Gasteiger partial charge >= 0.3 is 0 Å². The van der Waals surface area contributed by atoms with Gasteiger partial charge in [-0.15, -0.1) is 0 Å². The van der Waals surface area contributed by atoms with Crippen molar-refractivity contribution >= 4 is 80.8 Å². The number of anilines is 1. The van der Waals surface area contributed by atoms with Crippen molar-refractivity contribution in [1.29, 1.82) is 0 Å². The molecule has 1 saturated heterocycles. The zero-order chi connectivity index (χ0) is 19.8. The Morgan fingerprint density at radius 1 is 1.00 bits per heavy atom. The van der Waals surface area contributed by atoms with Crippen LogP contribution < -0.4 is 4.90 Å². The van der Waals surface area contributed by atoms with E-state index in [9.17, 15) is 4.79 Å². The summed E-state index contributed by atoms with van der Waals surface area (Å²) in [5, 5.41) is 1.57. The van der Waals surface area contributed by atoms with Gasteiger partial charge in [0.05, 0.1) is 15.6 Å². The number of thiocarbonyl (C=S) groups is 1. The number of hydrogen-bond donors (Lipinski definition) is 0. The summed E-state index contributed by atoms with van der Waals surface area (Å²) >= 11 is 24.8. The normalized spacial score (nSPS) is 15.7. The van der Waals surface area contributed by atoms with E-state index in [1.807, 2.05) is 0 Å². The van der Waals surface area contributed by atoms with Gasteiger partial charge in [-0.25, -0.2) is 0 Å². The highest BCUT2D eigenvalue weighted by Crippen LogP contribution is 2.38. The maximum atomic E-state index is 12.8. The van der Waals surface area contributed by atoms with Crippen molar-refractivity contribution in [2.75, 3.05) is 4.90 Å². The molecule has 0 aliphatic carbocycles. The number of furan rings is 1. The number of rotatable bonds is 3. The molecule has 2 heterocycles. The van der Waals surface area contributed by atoms with Crippen LogP contribution in [-0.4, -0.2) is 10.2 Å². The average Bonchev–Trinajstić information content (AvgIpc) is 3.20. The standard InChI is InChI=1S/C20H10Cl3NO2S2/c21-11-2-1-3-13(8-11)24-19(25)18(28-20(24)27)10-14-5-7-17(26-14)15-6-4-12(22)9-16(15)23/h1-10H. The Balaban J connectivity index is 1.62. The molecule has 1 fully saturated rings. The number of thioether (sulfide) groups is 1. The molecule has 0 atom stereocenters. The predicted octanol–water partition coefficient (Wildman–Crippen LogP) is 7.31. The molecule has 0 unspecified atom stereocenters. The first-order chi connectivity index (χ1) is 13.4. The summed E-state index contributed by atoms with van der Waals surface area (Å²) in [6.45, 7) is 0. The molecule has 8 heteroatoms. The third-order valence-electron chi connectivity index (χ3n) is 3.96. The molecule has 1 amide bonds. The maximum absolute atomic E-state index is 12.8. The van der Waals surface area contributed by atoms with E-state index in [0.717, 1.165) is 5.56 Å².